The lowest BCUT2D eigenvalue weighted by Gasteiger charge is -2.33. The Kier molecular flexibility index (Phi) is 40.9. The Balaban J connectivity index is 1.11. The fraction of sp³-hybridized carbons (Fsp3) is 0.443. The van der Waals surface area contributed by atoms with Crippen LogP contribution in [0.5, 0.6) is 0 Å². The van der Waals surface area contributed by atoms with Crippen molar-refractivity contribution in [3.63, 3.8) is 0 Å². The van der Waals surface area contributed by atoms with Crippen molar-refractivity contribution in [1.29, 1.82) is 5.41 Å². The second-order valence-electron chi connectivity index (χ2n) is 35.3. The first kappa shape index (κ1) is 107. The third kappa shape index (κ3) is 33.7. The zero-order valence-corrected chi connectivity index (χ0v) is 78.6. The molecule has 137 heavy (non-hydrogen) atoms. The molecule has 6 aromatic rings. The number of thioether (sulfide) groups is 1. The number of nitrogens with one attached hydrogen (secondary N) is 14. The van der Waals surface area contributed by atoms with Crippen LogP contribution in [0.4, 0.5) is 0 Å². The number of carbonyl (C=O) groups excluding carboxylic acids is 15. The van der Waals surface area contributed by atoms with Crippen molar-refractivity contribution in [3.8, 4) is 22.3 Å². The highest BCUT2D eigenvalue weighted by atomic mass is 32.2. The highest BCUT2D eigenvalue weighted by Gasteiger charge is 2.43. The maximum atomic E-state index is 15.7. The van der Waals surface area contributed by atoms with Crippen LogP contribution in [0.1, 0.15) is 113 Å². The van der Waals surface area contributed by atoms with E-state index in [1.807, 2.05) is 35.2 Å². The number of guanidine groups is 1. The third-order valence-corrected chi connectivity index (χ3v) is 24.3. The molecule has 40 heteroatoms. The molecule has 3 aliphatic heterocycles. The molecule has 734 valence electrons. The monoisotopic (exact) mass is 1910 g/mol. The molecule has 3 saturated heterocycles. The topological polar surface area (TPSA) is 582 Å². The number of hydrogen-bond acceptors (Lipinski definition) is 21. The molecule has 12 atom stereocenters. The summed E-state index contributed by atoms with van der Waals surface area (Å²) in [6, 6.07) is 27.6. The molecule has 0 aromatic heterocycles. The van der Waals surface area contributed by atoms with Crippen molar-refractivity contribution in [1.82, 2.24) is 83.8 Å². The highest BCUT2D eigenvalue weighted by Crippen LogP contribution is 2.26. The van der Waals surface area contributed by atoms with E-state index < -0.39 is 216 Å². The summed E-state index contributed by atoms with van der Waals surface area (Å²) in [4.78, 5) is 251. The van der Waals surface area contributed by atoms with Crippen LogP contribution < -0.4 is 80.6 Å². The van der Waals surface area contributed by atoms with Crippen molar-refractivity contribution in [2.24, 2.45) is 29.2 Å². The fourth-order valence-electron chi connectivity index (χ4n) is 15.9. The van der Waals surface area contributed by atoms with E-state index in [2.05, 4.69) is 69.1 Å². The first-order valence-electron chi connectivity index (χ1n) is 45.6. The summed E-state index contributed by atoms with van der Waals surface area (Å²) < 4.78 is 5.64. The second kappa shape index (κ2) is 52.6. The van der Waals surface area contributed by atoms with Crippen LogP contribution in [0.2, 0.25) is 0 Å². The molecule has 0 bridgehead atoms. The molecule has 3 fully saturated rings. The van der Waals surface area contributed by atoms with Gasteiger partial charge >= 0.3 is 11.9 Å². The Morgan fingerprint density at radius 2 is 0.920 bits per heavy atom. The SMILES string of the molecule is CC(C)C[C@@H]1NC(=O)[C@H](Cc2ccccc2)NC(=O)[C@H](C(C)C)NC(=O)[C@@H]2CCCN2C(=O)[C@H](C(C)C)NC(=O)[C@@H](CCCNC(=N)N)NC(=O)[C@H](CC(=O)O)NC(=O)[C@H](Cc2ccccc2)NC(=O)CN(C)C(=O)[C@H](Cc2ccc(-c3ccccc3)cc2)NC(=O)[C@H](Cc2ccc(-c3ccc(C(=O)O)cc3)cc2)NC(=O)[C@H](CN2CCOCC2)NC(=O)CSC[C@@H](C(=O)NCC(N)=O)NC1=O. The summed E-state index contributed by atoms with van der Waals surface area (Å²) in [5.74, 6) is -19.7. The van der Waals surface area contributed by atoms with Gasteiger partial charge in [-0.3, -0.25) is 87.0 Å². The summed E-state index contributed by atoms with van der Waals surface area (Å²) in [6.07, 6.45) is -2.08. The summed E-state index contributed by atoms with van der Waals surface area (Å²) in [6.45, 7) is 9.31. The number of nitrogens with zero attached hydrogens (tertiary/aromatic N) is 3. The largest absolute Gasteiger partial charge is 0.481 e. The summed E-state index contributed by atoms with van der Waals surface area (Å²) in [5, 5.41) is 62.7. The molecule has 9 rings (SSSR count). The number of ether oxygens (including phenoxy) is 1. The molecule has 3 heterocycles. The van der Waals surface area contributed by atoms with Crippen LogP contribution in [-0.2, 0) is 107 Å². The number of aromatic carboxylic acids is 1. The van der Waals surface area contributed by atoms with Crippen molar-refractivity contribution in [3.05, 3.63) is 192 Å². The molecule has 0 unspecified atom stereocenters. The molecule has 15 amide bonds. The summed E-state index contributed by atoms with van der Waals surface area (Å²) in [5.41, 5.74) is 16.0. The van der Waals surface area contributed by atoms with E-state index in [0.29, 0.717) is 33.4 Å². The van der Waals surface area contributed by atoms with Crippen LogP contribution in [0.3, 0.4) is 0 Å². The smallest absolute Gasteiger partial charge is 0.335 e. The van der Waals surface area contributed by atoms with Gasteiger partial charge in [-0.2, -0.15) is 0 Å². The lowest BCUT2D eigenvalue weighted by molar-refractivity contribution is -0.144. The van der Waals surface area contributed by atoms with Gasteiger partial charge in [0.1, 0.15) is 72.5 Å². The Morgan fingerprint density at radius 1 is 0.474 bits per heavy atom. The van der Waals surface area contributed by atoms with Crippen molar-refractivity contribution < 1.29 is 96.5 Å². The zero-order chi connectivity index (χ0) is 99.5. The van der Waals surface area contributed by atoms with Gasteiger partial charge in [-0.25, -0.2) is 4.79 Å². The second-order valence-corrected chi connectivity index (χ2v) is 36.3. The van der Waals surface area contributed by atoms with Crippen molar-refractivity contribution in [2.75, 3.05) is 77.6 Å². The Morgan fingerprint density at radius 3 is 1.45 bits per heavy atom. The Labute approximate surface area is 798 Å². The van der Waals surface area contributed by atoms with E-state index in [0.717, 1.165) is 27.8 Å². The number of carboxylic acid groups (broad SMARTS) is 2. The predicted molar refractivity (Wildman–Crippen MR) is 509 cm³/mol. The number of primary amides is 1. The van der Waals surface area contributed by atoms with E-state index in [-0.39, 0.29) is 121 Å². The molecule has 0 saturated carbocycles. The standard InChI is InChI=1S/C97H125N19O20S/c1-56(2)45-69-86(124)111-76(84(122)102-51-78(98)117)54-137-55-80(119)104-75(52-115-41-43-136-44-42-115)91(129)107-71(48-61-27-33-65(34-28-61)66-35-37-67(38-36-66)96(134)135)89(127)110-74(49-62-29-31-64(32-30-62)63-23-15-10-16-24-63)94(132)114(7)53-79(118)103-70(46-59-19-11-8-12-20-59)87(125)108-73(50-81(120)121)90(128)105-68(25-17-39-101-97(99)100)85(123)113-83(58(5)6)95(133)116-40-18-26-77(116)92(130)112-82(57(3)4)93(131)109-72(88(126)106-69)47-60-21-13-9-14-22-60/h8-16,19-24,27-38,56-58,68-77,82-83H,17-18,25-26,39-55H2,1-7H3,(H2,98,117)(H,102,122)(H,103,118)(H,104,119)(H,105,128)(H,106,126)(H,107,129)(H,108,125)(H,109,131)(H,110,127)(H,111,124)(H,112,130)(H,113,123)(H,120,121)(H,134,135)(H4,99,100,101)/t68-,69+,70+,71+,72+,73+,74+,75+,76+,77+,82+,83+/m1/s1. The zero-order valence-electron chi connectivity index (χ0n) is 77.7. The predicted octanol–water partition coefficient (Wildman–Crippen LogP) is 0.548. The molecule has 0 radical (unpaired) electrons. The number of carbonyl (C=O) groups is 17. The fourth-order valence-corrected chi connectivity index (χ4v) is 16.8. The van der Waals surface area contributed by atoms with E-state index >= 15 is 24.0 Å². The van der Waals surface area contributed by atoms with Crippen LogP contribution in [0.25, 0.3) is 22.3 Å². The van der Waals surface area contributed by atoms with Gasteiger partial charge in [0.2, 0.25) is 88.6 Å². The van der Waals surface area contributed by atoms with E-state index in [9.17, 15) is 67.7 Å². The third-order valence-electron chi connectivity index (χ3n) is 23.3. The van der Waals surface area contributed by atoms with Crippen LogP contribution >= 0.6 is 11.8 Å². The minimum absolute atomic E-state index is 0.00474. The number of nitrogens with two attached hydrogens (primary N) is 2. The van der Waals surface area contributed by atoms with Gasteiger partial charge in [0, 0.05) is 71.2 Å². The summed E-state index contributed by atoms with van der Waals surface area (Å²) in [7, 11) is 1.25. The first-order valence-corrected chi connectivity index (χ1v) is 46.8. The van der Waals surface area contributed by atoms with Gasteiger partial charge < -0.3 is 105 Å². The molecule has 20 N–H and O–H groups in total. The average molecular weight is 1910 g/mol. The number of benzene rings is 6. The van der Waals surface area contributed by atoms with Gasteiger partial charge in [-0.1, -0.05) is 193 Å². The number of likely N-dealkylation sites (N-methyl/N-ethyl adjacent to an activating group) is 1. The van der Waals surface area contributed by atoms with E-state index in [1.54, 1.807) is 163 Å². The Hall–Kier alpha value is -14.2. The Bertz CT molecular complexity index is 5210. The van der Waals surface area contributed by atoms with Gasteiger partial charge in [-0.05, 0) is 106 Å². The number of morpholine rings is 1. The maximum absolute atomic E-state index is 15.7. The molecule has 3 aliphatic rings. The molecular formula is C97H125N19O20S. The summed E-state index contributed by atoms with van der Waals surface area (Å²) >= 11 is 0.823. The molecule has 0 spiro atoms. The minimum Gasteiger partial charge on any atom is -0.481 e. The van der Waals surface area contributed by atoms with E-state index in [4.69, 9.17) is 21.6 Å². The highest BCUT2D eigenvalue weighted by molar-refractivity contribution is 8.00. The number of amides is 15. The van der Waals surface area contributed by atoms with Gasteiger partial charge in [-0.15, -0.1) is 11.8 Å². The number of carboxylic acids is 2. The van der Waals surface area contributed by atoms with Gasteiger partial charge in [0.25, 0.3) is 0 Å². The lowest BCUT2D eigenvalue weighted by Crippen LogP contribution is -2.62. The molecular weight excluding hydrogens is 1780 g/mol. The van der Waals surface area contributed by atoms with Crippen LogP contribution in [-0.4, -0.2) is 282 Å². The van der Waals surface area contributed by atoms with E-state index in [1.165, 1.54) is 24.1 Å². The molecule has 0 aliphatic carbocycles. The quantitative estimate of drug-likeness (QED) is 0.0200. The van der Waals surface area contributed by atoms with Crippen molar-refractivity contribution >= 4 is 118 Å². The minimum atomic E-state index is -1.99. The van der Waals surface area contributed by atoms with Crippen molar-refractivity contribution in [2.45, 2.75) is 178 Å². The normalized spacial score (nSPS) is 22.7. The average Bonchev–Trinajstić information content (AvgIpc) is 1.72. The molecule has 39 nitrogen and oxygen atoms in total. The number of hydrogen-bond donors (Lipinski definition) is 18. The first-order chi connectivity index (χ1) is 65.4. The number of aliphatic carboxylic acids is 1. The molecule has 6 aromatic carbocycles. The maximum Gasteiger partial charge on any atom is 0.335 e. The van der Waals surface area contributed by atoms with Gasteiger partial charge in [0.05, 0.1) is 44.0 Å². The number of fused-ring (bicyclic) bond motifs is 1. The lowest BCUT2D eigenvalue weighted by atomic mass is 9.98. The van der Waals surface area contributed by atoms with Crippen LogP contribution in [0, 0.1) is 23.2 Å². The van der Waals surface area contributed by atoms with Crippen LogP contribution in [0.15, 0.2) is 164 Å². The van der Waals surface area contributed by atoms with Gasteiger partial charge in [0.15, 0.2) is 5.96 Å². The number of rotatable bonds is 26.